The molecule has 1 fully saturated rings. The van der Waals surface area contributed by atoms with Gasteiger partial charge in [0.15, 0.2) is 11.7 Å². The number of nitrogens with zero attached hydrogens (tertiary/aromatic N) is 3. The Morgan fingerprint density at radius 3 is 2.72 bits per heavy atom. The third-order valence-electron chi connectivity index (χ3n) is 4.36. The largest absolute Gasteiger partial charge is 0.383 e. The summed E-state index contributed by atoms with van der Waals surface area (Å²) in [7, 11) is 3.55. The quantitative estimate of drug-likeness (QED) is 0.366. The van der Waals surface area contributed by atoms with E-state index < -0.39 is 0 Å². The number of likely N-dealkylation sites (tertiary alicyclic amines) is 1. The van der Waals surface area contributed by atoms with Crippen LogP contribution in [0.25, 0.3) is 0 Å². The Morgan fingerprint density at radius 1 is 1.44 bits per heavy atom. The topological polar surface area (TPSA) is 74.9 Å². The summed E-state index contributed by atoms with van der Waals surface area (Å²) in [5, 5.41) is 10.9. The minimum absolute atomic E-state index is 0. The molecule has 2 heterocycles. The summed E-state index contributed by atoms with van der Waals surface area (Å²) in [6, 6.07) is 2.45. The molecule has 0 atom stereocenters. The monoisotopic (exact) mass is 465 g/mol. The van der Waals surface area contributed by atoms with Crippen LogP contribution in [0.2, 0.25) is 0 Å². The first-order valence-electron chi connectivity index (χ1n) is 8.76. The summed E-state index contributed by atoms with van der Waals surface area (Å²) in [6.07, 6.45) is 2.23. The van der Waals surface area contributed by atoms with Crippen LogP contribution in [0.5, 0.6) is 0 Å². The van der Waals surface area contributed by atoms with Gasteiger partial charge in [0.1, 0.15) is 0 Å². The summed E-state index contributed by atoms with van der Waals surface area (Å²) in [5.74, 6) is 2.02. The van der Waals surface area contributed by atoms with Crippen molar-refractivity contribution in [3.05, 3.63) is 17.5 Å². The third-order valence-corrected chi connectivity index (χ3v) is 4.36. The molecule has 7 nitrogen and oxygen atoms in total. The Kier molecular flexibility index (Phi) is 10.4. The van der Waals surface area contributed by atoms with Crippen molar-refractivity contribution in [3.63, 3.8) is 0 Å². The van der Waals surface area contributed by atoms with E-state index in [-0.39, 0.29) is 24.0 Å². The second-order valence-corrected chi connectivity index (χ2v) is 6.55. The molecule has 1 saturated heterocycles. The number of piperidine rings is 1. The van der Waals surface area contributed by atoms with Gasteiger partial charge in [0.05, 0.1) is 18.8 Å². The average molecular weight is 465 g/mol. The van der Waals surface area contributed by atoms with Crippen molar-refractivity contribution in [1.82, 2.24) is 20.7 Å². The highest BCUT2D eigenvalue weighted by atomic mass is 127. The third kappa shape index (κ3) is 7.49. The van der Waals surface area contributed by atoms with Gasteiger partial charge in [-0.3, -0.25) is 4.99 Å². The molecule has 0 amide bonds. The zero-order chi connectivity index (χ0) is 17.4. The number of halogens is 1. The highest BCUT2D eigenvalue weighted by molar-refractivity contribution is 14.0. The Bertz CT molecular complexity index is 513. The van der Waals surface area contributed by atoms with E-state index in [9.17, 15) is 0 Å². The predicted molar refractivity (Wildman–Crippen MR) is 111 cm³/mol. The molecule has 2 rings (SSSR count). The minimum atomic E-state index is 0. The van der Waals surface area contributed by atoms with Gasteiger partial charge in [-0.05, 0) is 18.8 Å². The second-order valence-electron chi connectivity index (χ2n) is 6.55. The van der Waals surface area contributed by atoms with Crippen LogP contribution in [-0.2, 0) is 11.3 Å². The summed E-state index contributed by atoms with van der Waals surface area (Å²) in [5.41, 5.74) is 0.984. The van der Waals surface area contributed by atoms with Crippen molar-refractivity contribution in [1.29, 1.82) is 0 Å². The van der Waals surface area contributed by atoms with Gasteiger partial charge in [-0.2, -0.15) is 0 Å². The first-order chi connectivity index (χ1) is 11.6. The lowest BCUT2D eigenvalue weighted by atomic mass is 10.1. The van der Waals surface area contributed by atoms with E-state index in [0.717, 1.165) is 56.5 Å². The van der Waals surface area contributed by atoms with E-state index in [1.165, 1.54) is 0 Å². The molecule has 1 aliphatic heterocycles. The van der Waals surface area contributed by atoms with E-state index in [2.05, 4.69) is 39.5 Å². The van der Waals surface area contributed by atoms with Gasteiger partial charge in [-0.25, -0.2) is 0 Å². The van der Waals surface area contributed by atoms with Crippen LogP contribution in [0, 0.1) is 0 Å². The molecule has 0 bridgehead atoms. The van der Waals surface area contributed by atoms with E-state index in [1.54, 1.807) is 14.2 Å². The maximum Gasteiger partial charge on any atom is 0.191 e. The second kappa shape index (κ2) is 11.7. The van der Waals surface area contributed by atoms with Crippen LogP contribution < -0.4 is 10.6 Å². The molecular weight excluding hydrogens is 433 g/mol. The highest BCUT2D eigenvalue weighted by Gasteiger charge is 2.19. The number of hydrogen-bond donors (Lipinski definition) is 2. The molecular formula is C17H32IN5O2. The van der Waals surface area contributed by atoms with Crippen molar-refractivity contribution < 1.29 is 9.26 Å². The number of hydrogen-bond acceptors (Lipinski definition) is 5. The van der Waals surface area contributed by atoms with Gasteiger partial charge in [-0.15, -0.1) is 24.0 Å². The van der Waals surface area contributed by atoms with Gasteiger partial charge in [-0.1, -0.05) is 19.0 Å². The molecule has 0 unspecified atom stereocenters. The zero-order valence-corrected chi connectivity index (χ0v) is 18.1. The number of rotatable bonds is 7. The molecule has 0 radical (unpaired) electrons. The van der Waals surface area contributed by atoms with E-state index >= 15 is 0 Å². The molecule has 0 spiro atoms. The molecule has 144 valence electrons. The molecule has 2 N–H and O–H groups in total. The molecule has 8 heteroatoms. The zero-order valence-electron chi connectivity index (χ0n) is 15.7. The highest BCUT2D eigenvalue weighted by Crippen LogP contribution is 2.14. The first kappa shape index (κ1) is 22.2. The molecule has 1 aliphatic rings. The van der Waals surface area contributed by atoms with E-state index in [4.69, 9.17) is 9.26 Å². The van der Waals surface area contributed by atoms with Crippen LogP contribution in [0.4, 0.5) is 0 Å². The summed E-state index contributed by atoms with van der Waals surface area (Å²) >= 11 is 0. The standard InChI is InChI=1S/C17H31N5O2.HI/c1-13(2)16-11-15(24-21-16)12-19-17(18-3)20-14-5-7-22(8-6-14)9-10-23-4;/h11,13-14H,5-10,12H2,1-4H3,(H2,18,19,20);1H. The van der Waals surface area contributed by atoms with Gasteiger partial charge >= 0.3 is 0 Å². The van der Waals surface area contributed by atoms with E-state index in [1.807, 2.05) is 6.07 Å². The summed E-state index contributed by atoms with van der Waals surface area (Å²) < 4.78 is 10.5. The lowest BCUT2D eigenvalue weighted by molar-refractivity contribution is 0.128. The van der Waals surface area contributed by atoms with E-state index in [0.29, 0.717) is 18.5 Å². The van der Waals surface area contributed by atoms with Crippen LogP contribution in [0.1, 0.15) is 44.1 Å². The SMILES string of the molecule is CN=C(NCc1cc(C(C)C)no1)NC1CCN(CCOC)CC1.I. The molecule has 25 heavy (non-hydrogen) atoms. The first-order valence-corrected chi connectivity index (χ1v) is 8.76. The fourth-order valence-electron chi connectivity index (χ4n) is 2.76. The maximum absolute atomic E-state index is 5.35. The van der Waals surface area contributed by atoms with Crippen molar-refractivity contribution in [2.75, 3.05) is 40.4 Å². The Morgan fingerprint density at radius 2 is 2.16 bits per heavy atom. The smallest absolute Gasteiger partial charge is 0.191 e. The number of methoxy groups -OCH3 is 1. The maximum atomic E-state index is 5.35. The Balaban J connectivity index is 0.00000312. The fraction of sp³-hybridized carbons (Fsp3) is 0.765. The summed E-state index contributed by atoms with van der Waals surface area (Å²) in [4.78, 5) is 6.75. The molecule has 0 aromatic carbocycles. The number of guanidine groups is 1. The molecule has 0 saturated carbocycles. The average Bonchev–Trinajstić information content (AvgIpc) is 3.07. The number of aliphatic imine (C=N–C) groups is 1. The van der Waals surface area contributed by atoms with Gasteiger partial charge in [0.25, 0.3) is 0 Å². The molecule has 0 aliphatic carbocycles. The lowest BCUT2D eigenvalue weighted by Crippen LogP contribution is -2.48. The minimum Gasteiger partial charge on any atom is -0.383 e. The normalized spacial score (nSPS) is 16.8. The number of nitrogens with one attached hydrogen (secondary N) is 2. The van der Waals surface area contributed by atoms with Crippen LogP contribution in [0.3, 0.4) is 0 Å². The number of ether oxygens (including phenoxy) is 1. The van der Waals surface area contributed by atoms with Gasteiger partial charge in [0.2, 0.25) is 0 Å². The Labute approximate surface area is 168 Å². The molecule has 1 aromatic heterocycles. The van der Waals surface area contributed by atoms with Crippen LogP contribution >= 0.6 is 24.0 Å². The number of aromatic nitrogens is 1. The van der Waals surface area contributed by atoms with Crippen LogP contribution in [-0.4, -0.2) is 62.5 Å². The Hall–Kier alpha value is -0.870. The fourth-order valence-corrected chi connectivity index (χ4v) is 2.76. The lowest BCUT2D eigenvalue weighted by Gasteiger charge is -2.32. The summed E-state index contributed by atoms with van der Waals surface area (Å²) in [6.45, 7) is 8.81. The van der Waals surface area contributed by atoms with Gasteiger partial charge < -0.3 is 24.8 Å². The van der Waals surface area contributed by atoms with Crippen molar-refractivity contribution in [2.24, 2.45) is 4.99 Å². The van der Waals surface area contributed by atoms with Gasteiger partial charge in [0, 0.05) is 45.9 Å². The molecule has 1 aromatic rings. The van der Waals surface area contributed by atoms with Crippen molar-refractivity contribution in [3.8, 4) is 0 Å². The van der Waals surface area contributed by atoms with Crippen LogP contribution in [0.15, 0.2) is 15.6 Å². The van der Waals surface area contributed by atoms with Crippen molar-refractivity contribution in [2.45, 2.75) is 45.2 Å². The predicted octanol–water partition coefficient (Wildman–Crippen LogP) is 2.19. The van der Waals surface area contributed by atoms with Crippen molar-refractivity contribution >= 4 is 29.9 Å².